The van der Waals surface area contributed by atoms with E-state index in [4.69, 9.17) is 5.73 Å². The highest BCUT2D eigenvalue weighted by Gasteiger charge is 2.19. The van der Waals surface area contributed by atoms with E-state index in [1.807, 2.05) is 48.5 Å². The molecule has 0 atom stereocenters. The van der Waals surface area contributed by atoms with Crippen molar-refractivity contribution in [2.24, 2.45) is 16.6 Å². The molecule has 2 aromatic carbocycles. The van der Waals surface area contributed by atoms with E-state index in [1.165, 1.54) is 32.1 Å². The van der Waals surface area contributed by atoms with Gasteiger partial charge in [-0.1, -0.05) is 49.6 Å². The molecule has 4 rings (SSSR count). The number of nitrogens with one attached hydrogen (secondary N) is 1. The van der Waals surface area contributed by atoms with Crippen molar-refractivity contribution in [3.63, 3.8) is 0 Å². The van der Waals surface area contributed by atoms with Crippen LogP contribution in [-0.4, -0.2) is 36.3 Å². The van der Waals surface area contributed by atoms with Crippen LogP contribution >= 0.6 is 0 Å². The second-order valence-electron chi connectivity index (χ2n) is 8.49. The third kappa shape index (κ3) is 5.08. The number of rotatable bonds is 8. The lowest BCUT2D eigenvalue weighted by Gasteiger charge is -2.28. The van der Waals surface area contributed by atoms with Gasteiger partial charge in [-0.25, -0.2) is 4.99 Å². The molecule has 0 bridgehead atoms. The van der Waals surface area contributed by atoms with Gasteiger partial charge in [-0.05, 0) is 62.0 Å². The Hall–Kier alpha value is -2.66. The summed E-state index contributed by atoms with van der Waals surface area (Å²) >= 11 is 0. The van der Waals surface area contributed by atoms with Crippen LogP contribution in [0.4, 0.5) is 5.69 Å². The van der Waals surface area contributed by atoms with Crippen LogP contribution in [0.3, 0.4) is 0 Å². The molecule has 1 fully saturated rings. The van der Waals surface area contributed by atoms with Gasteiger partial charge in [0.25, 0.3) is 0 Å². The molecule has 2 aliphatic rings. The standard InChI is InChI=1S/C25H32N4O/c26-25-28-23-13-12-21(24(30)20-10-5-2-6-11-20)16-22(23)18-29(25)15-7-14-27-17-19-8-3-1-4-9-19/h2,5-6,10-13,16,19,27H,1,3-4,7-9,14-15,17-18H2,(H2,26,28). The first-order valence-corrected chi connectivity index (χ1v) is 11.2. The third-order valence-corrected chi connectivity index (χ3v) is 6.24. The topological polar surface area (TPSA) is 70.7 Å². The number of carbonyl (C=O) groups is 1. The molecule has 2 aromatic rings. The van der Waals surface area contributed by atoms with Gasteiger partial charge in [0.05, 0.1) is 5.69 Å². The Labute approximate surface area is 179 Å². The van der Waals surface area contributed by atoms with E-state index in [9.17, 15) is 4.79 Å². The molecule has 0 unspecified atom stereocenters. The summed E-state index contributed by atoms with van der Waals surface area (Å²) in [7, 11) is 0. The molecule has 0 saturated heterocycles. The number of hydrogen-bond donors (Lipinski definition) is 2. The predicted octanol–water partition coefficient (Wildman–Crippen LogP) is 4.24. The van der Waals surface area contributed by atoms with Gasteiger partial charge < -0.3 is 16.0 Å². The highest BCUT2D eigenvalue weighted by atomic mass is 16.1. The maximum Gasteiger partial charge on any atom is 0.196 e. The predicted molar refractivity (Wildman–Crippen MR) is 122 cm³/mol. The number of ketones is 1. The minimum Gasteiger partial charge on any atom is -0.369 e. The fourth-order valence-electron chi connectivity index (χ4n) is 4.49. The monoisotopic (exact) mass is 404 g/mol. The molecule has 5 nitrogen and oxygen atoms in total. The van der Waals surface area contributed by atoms with Gasteiger partial charge in [0.15, 0.2) is 11.7 Å². The lowest BCUT2D eigenvalue weighted by molar-refractivity contribution is 0.103. The minimum absolute atomic E-state index is 0.0411. The molecule has 1 heterocycles. The Bertz CT molecular complexity index is 887. The third-order valence-electron chi connectivity index (χ3n) is 6.24. The summed E-state index contributed by atoms with van der Waals surface area (Å²) in [6, 6.07) is 15.1. The number of nitrogens with two attached hydrogens (primary N) is 1. The van der Waals surface area contributed by atoms with Crippen LogP contribution in [0, 0.1) is 5.92 Å². The molecule has 0 aromatic heterocycles. The van der Waals surface area contributed by atoms with Crippen molar-refractivity contribution in [1.29, 1.82) is 0 Å². The first-order chi connectivity index (χ1) is 14.7. The molecule has 1 aliphatic heterocycles. The molecule has 1 saturated carbocycles. The van der Waals surface area contributed by atoms with Gasteiger partial charge in [-0.2, -0.15) is 0 Å². The van der Waals surface area contributed by atoms with Crippen LogP contribution in [0.2, 0.25) is 0 Å². The number of hydrogen-bond acceptors (Lipinski definition) is 5. The number of guanidine groups is 1. The van der Waals surface area contributed by atoms with E-state index in [0.29, 0.717) is 23.6 Å². The van der Waals surface area contributed by atoms with Crippen molar-refractivity contribution >= 4 is 17.4 Å². The fraction of sp³-hybridized carbons (Fsp3) is 0.440. The lowest BCUT2D eigenvalue weighted by Crippen LogP contribution is -2.40. The highest BCUT2D eigenvalue weighted by Crippen LogP contribution is 2.27. The molecular formula is C25H32N4O. The summed E-state index contributed by atoms with van der Waals surface area (Å²) < 4.78 is 0. The van der Waals surface area contributed by atoms with E-state index in [2.05, 4.69) is 15.2 Å². The van der Waals surface area contributed by atoms with Gasteiger partial charge in [0.1, 0.15) is 0 Å². The van der Waals surface area contributed by atoms with Crippen LogP contribution in [-0.2, 0) is 6.54 Å². The number of aliphatic imine (C=N–C) groups is 1. The second kappa shape index (κ2) is 9.90. The van der Waals surface area contributed by atoms with Crippen molar-refractivity contribution < 1.29 is 4.79 Å². The van der Waals surface area contributed by atoms with Crippen LogP contribution in [0.5, 0.6) is 0 Å². The minimum atomic E-state index is 0.0411. The normalized spacial score (nSPS) is 16.8. The Morgan fingerprint density at radius 1 is 1.07 bits per heavy atom. The first-order valence-electron chi connectivity index (χ1n) is 11.2. The quantitative estimate of drug-likeness (QED) is 0.510. The van der Waals surface area contributed by atoms with E-state index in [-0.39, 0.29) is 5.78 Å². The van der Waals surface area contributed by atoms with E-state index >= 15 is 0 Å². The van der Waals surface area contributed by atoms with Gasteiger partial charge in [0.2, 0.25) is 0 Å². The van der Waals surface area contributed by atoms with Crippen molar-refractivity contribution in [3.8, 4) is 0 Å². The summed E-state index contributed by atoms with van der Waals surface area (Å²) in [5, 5.41) is 3.62. The Balaban J connectivity index is 1.31. The Kier molecular flexibility index (Phi) is 6.80. The summed E-state index contributed by atoms with van der Waals surface area (Å²) in [6.45, 7) is 3.70. The lowest BCUT2D eigenvalue weighted by atomic mass is 9.89. The highest BCUT2D eigenvalue weighted by molar-refractivity contribution is 6.09. The zero-order chi connectivity index (χ0) is 20.8. The molecule has 0 radical (unpaired) electrons. The fourth-order valence-corrected chi connectivity index (χ4v) is 4.49. The molecule has 158 valence electrons. The van der Waals surface area contributed by atoms with Crippen LogP contribution < -0.4 is 11.1 Å². The summed E-state index contributed by atoms with van der Waals surface area (Å²) in [6.07, 6.45) is 7.97. The molecule has 0 spiro atoms. The second-order valence-corrected chi connectivity index (χ2v) is 8.49. The molecule has 0 amide bonds. The van der Waals surface area contributed by atoms with Gasteiger partial charge in [-0.3, -0.25) is 4.79 Å². The van der Waals surface area contributed by atoms with Gasteiger partial charge >= 0.3 is 0 Å². The summed E-state index contributed by atoms with van der Waals surface area (Å²) in [5.41, 5.74) is 9.53. The average molecular weight is 405 g/mol. The number of carbonyl (C=O) groups excluding carboxylic acids is 1. The molecule has 30 heavy (non-hydrogen) atoms. The van der Waals surface area contributed by atoms with E-state index in [0.717, 1.165) is 43.2 Å². The maximum atomic E-state index is 12.8. The number of fused-ring (bicyclic) bond motifs is 1. The van der Waals surface area contributed by atoms with Crippen molar-refractivity contribution in [1.82, 2.24) is 10.2 Å². The van der Waals surface area contributed by atoms with Crippen LogP contribution in [0.25, 0.3) is 0 Å². The maximum absolute atomic E-state index is 12.8. The Morgan fingerprint density at radius 3 is 2.67 bits per heavy atom. The first kappa shape index (κ1) is 20.6. The summed E-state index contributed by atoms with van der Waals surface area (Å²) in [4.78, 5) is 19.4. The zero-order valence-electron chi connectivity index (χ0n) is 17.6. The van der Waals surface area contributed by atoms with Crippen molar-refractivity contribution in [2.75, 3.05) is 19.6 Å². The van der Waals surface area contributed by atoms with Crippen molar-refractivity contribution in [3.05, 3.63) is 65.2 Å². The summed E-state index contributed by atoms with van der Waals surface area (Å²) in [5.74, 6) is 1.46. The number of benzene rings is 2. The Morgan fingerprint density at radius 2 is 1.87 bits per heavy atom. The van der Waals surface area contributed by atoms with E-state index in [1.54, 1.807) is 0 Å². The van der Waals surface area contributed by atoms with Crippen molar-refractivity contribution in [2.45, 2.75) is 45.1 Å². The molecular weight excluding hydrogens is 372 g/mol. The molecule has 3 N–H and O–H groups in total. The van der Waals surface area contributed by atoms with Crippen LogP contribution in [0.15, 0.2) is 53.5 Å². The smallest absolute Gasteiger partial charge is 0.196 e. The van der Waals surface area contributed by atoms with Crippen LogP contribution in [0.1, 0.15) is 60.0 Å². The zero-order valence-corrected chi connectivity index (χ0v) is 17.6. The number of nitrogens with zero attached hydrogens (tertiary/aromatic N) is 2. The van der Waals surface area contributed by atoms with E-state index < -0.39 is 0 Å². The SMILES string of the molecule is NC1=Nc2ccc(C(=O)c3ccccc3)cc2CN1CCCNCC1CCCCC1. The van der Waals surface area contributed by atoms with Gasteiger partial charge in [0, 0.05) is 24.2 Å². The molecule has 5 heteroatoms. The average Bonchev–Trinajstić information content (AvgIpc) is 2.79. The largest absolute Gasteiger partial charge is 0.369 e. The molecule has 1 aliphatic carbocycles. The van der Waals surface area contributed by atoms with Gasteiger partial charge in [-0.15, -0.1) is 0 Å².